The number of aliphatic imine (C=N–C) groups is 1. The molecule has 156 valence electrons. The van der Waals surface area contributed by atoms with Crippen LogP contribution in [-0.4, -0.2) is 28.8 Å². The molecule has 0 spiro atoms. The quantitative estimate of drug-likeness (QED) is 0.533. The number of carbonyl (C=O) groups is 2. The molecule has 3 aromatic rings. The average molecular weight is 434 g/mol. The van der Waals surface area contributed by atoms with Crippen molar-refractivity contribution in [3.8, 4) is 17.1 Å². The molecule has 4 rings (SSSR count). The van der Waals surface area contributed by atoms with Crippen molar-refractivity contribution in [2.24, 2.45) is 4.99 Å². The Morgan fingerprint density at radius 1 is 1.16 bits per heavy atom. The van der Waals surface area contributed by atoms with Gasteiger partial charge in [-0.1, -0.05) is 18.2 Å². The highest BCUT2D eigenvalue weighted by Crippen LogP contribution is 2.31. The van der Waals surface area contributed by atoms with E-state index < -0.39 is 5.97 Å². The second-order valence-electron chi connectivity index (χ2n) is 6.46. The van der Waals surface area contributed by atoms with Gasteiger partial charge in [0, 0.05) is 11.6 Å². The van der Waals surface area contributed by atoms with E-state index in [1.54, 1.807) is 36.4 Å². The molecule has 1 saturated heterocycles. The summed E-state index contributed by atoms with van der Waals surface area (Å²) in [5.74, 6) is 0.297. The lowest BCUT2D eigenvalue weighted by Crippen LogP contribution is -2.19. The van der Waals surface area contributed by atoms with Gasteiger partial charge < -0.3 is 19.6 Å². The number of ether oxygens (including phenoxy) is 1. The number of thioether (sulfide) groups is 1. The monoisotopic (exact) mass is 434 g/mol. The molecule has 0 saturated carbocycles. The first-order valence-electron chi connectivity index (χ1n) is 9.48. The van der Waals surface area contributed by atoms with Gasteiger partial charge >= 0.3 is 5.97 Å². The minimum atomic E-state index is -1.03. The van der Waals surface area contributed by atoms with Crippen LogP contribution in [0.25, 0.3) is 17.4 Å². The highest BCUT2D eigenvalue weighted by Gasteiger charge is 2.24. The summed E-state index contributed by atoms with van der Waals surface area (Å²) in [6.45, 7) is 2.50. The number of hydrogen-bond acceptors (Lipinski definition) is 6. The number of aromatic carboxylic acids is 1. The topological polar surface area (TPSA) is 101 Å². The third-order valence-corrected chi connectivity index (χ3v) is 5.26. The first kappa shape index (κ1) is 20.5. The summed E-state index contributed by atoms with van der Waals surface area (Å²) in [5.41, 5.74) is 1.31. The lowest BCUT2D eigenvalue weighted by molar-refractivity contribution is -0.115. The molecule has 1 aliphatic rings. The van der Waals surface area contributed by atoms with E-state index in [1.807, 2.05) is 31.2 Å². The van der Waals surface area contributed by atoms with Gasteiger partial charge in [0.15, 0.2) is 5.17 Å². The molecule has 2 heterocycles. The van der Waals surface area contributed by atoms with Crippen molar-refractivity contribution in [1.82, 2.24) is 5.32 Å². The maximum absolute atomic E-state index is 12.3. The van der Waals surface area contributed by atoms with Gasteiger partial charge in [-0.2, -0.15) is 0 Å². The zero-order chi connectivity index (χ0) is 21.8. The smallest absolute Gasteiger partial charge is 0.336 e. The zero-order valence-electron chi connectivity index (χ0n) is 16.5. The fourth-order valence-electron chi connectivity index (χ4n) is 2.97. The number of carbonyl (C=O) groups excluding carboxylic acids is 1. The fourth-order valence-corrected chi connectivity index (χ4v) is 3.79. The maximum atomic E-state index is 12.3. The van der Waals surface area contributed by atoms with Crippen LogP contribution >= 0.6 is 11.8 Å². The fraction of sp³-hybridized carbons (Fsp3) is 0.0870. The Balaban J connectivity index is 1.53. The van der Waals surface area contributed by atoms with Gasteiger partial charge in [-0.3, -0.25) is 4.79 Å². The highest BCUT2D eigenvalue weighted by molar-refractivity contribution is 8.18. The molecular formula is C23H18N2O5S. The highest BCUT2D eigenvalue weighted by atomic mass is 32.2. The maximum Gasteiger partial charge on any atom is 0.336 e. The Kier molecular flexibility index (Phi) is 5.90. The van der Waals surface area contributed by atoms with Crippen LogP contribution in [0.4, 0.5) is 5.69 Å². The van der Waals surface area contributed by atoms with Crippen molar-refractivity contribution in [1.29, 1.82) is 0 Å². The standard InChI is InChI=1S/C23H18N2O5S/c1-2-29-15-9-7-14(8-10-15)24-23-25-21(26)20(31-23)13-16-11-12-19(30-16)17-5-3-4-6-18(17)22(27)28/h3-13H,2H2,1H3,(H,27,28)(H,24,25,26). The van der Waals surface area contributed by atoms with Crippen LogP contribution in [0.1, 0.15) is 23.0 Å². The largest absolute Gasteiger partial charge is 0.494 e. The number of carboxylic acids is 1. The molecule has 1 aromatic heterocycles. The number of carboxylic acid groups (broad SMARTS) is 1. The number of nitrogens with zero attached hydrogens (tertiary/aromatic N) is 1. The van der Waals surface area contributed by atoms with Gasteiger partial charge in [-0.25, -0.2) is 9.79 Å². The van der Waals surface area contributed by atoms with E-state index in [0.717, 1.165) is 5.75 Å². The molecule has 0 unspecified atom stereocenters. The van der Waals surface area contributed by atoms with E-state index in [0.29, 0.717) is 39.5 Å². The molecule has 8 heteroatoms. The Labute approximate surface area is 182 Å². The molecule has 0 aliphatic carbocycles. The van der Waals surface area contributed by atoms with Gasteiger partial charge in [0.2, 0.25) is 0 Å². The van der Waals surface area contributed by atoms with E-state index in [1.165, 1.54) is 17.8 Å². The predicted molar refractivity (Wildman–Crippen MR) is 120 cm³/mol. The van der Waals surface area contributed by atoms with Crippen LogP contribution in [-0.2, 0) is 4.79 Å². The van der Waals surface area contributed by atoms with Crippen molar-refractivity contribution in [2.75, 3.05) is 6.61 Å². The number of amides is 1. The Morgan fingerprint density at radius 3 is 2.68 bits per heavy atom. The van der Waals surface area contributed by atoms with Gasteiger partial charge in [0.25, 0.3) is 5.91 Å². The van der Waals surface area contributed by atoms with E-state index in [-0.39, 0.29) is 11.5 Å². The molecular weight excluding hydrogens is 416 g/mol. The predicted octanol–water partition coefficient (Wildman–Crippen LogP) is 4.94. The summed E-state index contributed by atoms with van der Waals surface area (Å²) in [5, 5.41) is 12.6. The summed E-state index contributed by atoms with van der Waals surface area (Å²) in [6, 6.07) is 17.2. The normalized spacial score (nSPS) is 16.0. The summed E-state index contributed by atoms with van der Waals surface area (Å²) in [4.78, 5) is 28.6. The average Bonchev–Trinajstić information content (AvgIpc) is 3.36. The first-order chi connectivity index (χ1) is 15.0. The van der Waals surface area contributed by atoms with Gasteiger partial charge in [-0.15, -0.1) is 0 Å². The van der Waals surface area contributed by atoms with E-state index in [9.17, 15) is 14.7 Å². The van der Waals surface area contributed by atoms with Gasteiger partial charge in [-0.05, 0) is 61.2 Å². The van der Waals surface area contributed by atoms with Crippen LogP contribution < -0.4 is 10.1 Å². The van der Waals surface area contributed by atoms with Crippen LogP contribution in [0.2, 0.25) is 0 Å². The summed E-state index contributed by atoms with van der Waals surface area (Å²) in [7, 11) is 0. The molecule has 1 aliphatic heterocycles. The molecule has 7 nitrogen and oxygen atoms in total. The number of amidine groups is 1. The molecule has 2 aromatic carbocycles. The first-order valence-corrected chi connectivity index (χ1v) is 10.3. The number of rotatable bonds is 6. The number of hydrogen-bond donors (Lipinski definition) is 2. The molecule has 1 fully saturated rings. The number of furan rings is 1. The molecule has 0 radical (unpaired) electrons. The van der Waals surface area contributed by atoms with Crippen LogP contribution in [0.5, 0.6) is 5.75 Å². The van der Waals surface area contributed by atoms with E-state index in [4.69, 9.17) is 9.15 Å². The minimum Gasteiger partial charge on any atom is -0.494 e. The second-order valence-corrected chi connectivity index (χ2v) is 7.49. The lowest BCUT2D eigenvalue weighted by atomic mass is 10.1. The minimum absolute atomic E-state index is 0.147. The van der Waals surface area contributed by atoms with Crippen LogP contribution in [0.15, 0.2) is 75.0 Å². The second kappa shape index (κ2) is 8.93. The SMILES string of the molecule is CCOc1ccc(N=C2NC(=O)C(=Cc3ccc(-c4ccccc4C(=O)O)o3)S2)cc1. The van der Waals surface area contributed by atoms with Gasteiger partial charge in [0.1, 0.15) is 17.3 Å². The Morgan fingerprint density at radius 2 is 1.94 bits per heavy atom. The van der Waals surface area contributed by atoms with E-state index in [2.05, 4.69) is 10.3 Å². The Hall–Kier alpha value is -3.78. The van der Waals surface area contributed by atoms with E-state index >= 15 is 0 Å². The molecule has 2 N–H and O–H groups in total. The molecule has 31 heavy (non-hydrogen) atoms. The third-order valence-electron chi connectivity index (χ3n) is 4.35. The van der Waals surface area contributed by atoms with Crippen molar-refractivity contribution in [3.05, 3.63) is 76.9 Å². The summed E-state index contributed by atoms with van der Waals surface area (Å²) >= 11 is 1.20. The van der Waals surface area contributed by atoms with Crippen LogP contribution in [0, 0.1) is 0 Å². The van der Waals surface area contributed by atoms with Gasteiger partial charge in [0.05, 0.1) is 22.8 Å². The number of benzene rings is 2. The van der Waals surface area contributed by atoms with Crippen molar-refractivity contribution in [3.63, 3.8) is 0 Å². The molecule has 0 atom stereocenters. The summed E-state index contributed by atoms with van der Waals surface area (Å²) in [6.07, 6.45) is 1.60. The Bertz CT molecular complexity index is 1190. The number of nitrogens with one attached hydrogen (secondary N) is 1. The van der Waals surface area contributed by atoms with Crippen LogP contribution in [0.3, 0.4) is 0 Å². The lowest BCUT2D eigenvalue weighted by Gasteiger charge is -2.02. The molecule has 1 amide bonds. The molecule has 0 bridgehead atoms. The van der Waals surface area contributed by atoms with Crippen molar-refractivity contribution in [2.45, 2.75) is 6.92 Å². The zero-order valence-corrected chi connectivity index (χ0v) is 17.3. The third kappa shape index (κ3) is 4.70. The summed E-state index contributed by atoms with van der Waals surface area (Å²) < 4.78 is 11.2. The van der Waals surface area contributed by atoms with Crippen molar-refractivity contribution < 1.29 is 23.8 Å². The van der Waals surface area contributed by atoms with Crippen molar-refractivity contribution >= 4 is 40.6 Å².